The van der Waals surface area contributed by atoms with Gasteiger partial charge in [-0.3, -0.25) is 14.4 Å². The predicted octanol–water partition coefficient (Wildman–Crippen LogP) is 0.767. The second-order valence-electron chi connectivity index (χ2n) is 3.94. The molecule has 0 saturated carbocycles. The Morgan fingerprint density at radius 2 is 2.00 bits per heavy atom. The molecule has 0 atom stereocenters. The minimum Gasteiger partial charge on any atom is -0.481 e. The Labute approximate surface area is 114 Å². The van der Waals surface area contributed by atoms with Crippen molar-refractivity contribution in [3.05, 3.63) is 21.9 Å². The summed E-state index contributed by atoms with van der Waals surface area (Å²) >= 11 is 1.36. The number of carboxylic acid groups (broad SMARTS) is 1. The van der Waals surface area contributed by atoms with Crippen molar-refractivity contribution in [2.75, 3.05) is 13.1 Å². The van der Waals surface area contributed by atoms with Crippen LogP contribution in [0.5, 0.6) is 0 Å². The molecule has 104 valence electrons. The molecule has 1 aromatic heterocycles. The van der Waals surface area contributed by atoms with Crippen LogP contribution < -0.4 is 10.6 Å². The average molecular weight is 284 g/mol. The highest BCUT2D eigenvalue weighted by molar-refractivity contribution is 7.13. The van der Waals surface area contributed by atoms with Crippen molar-refractivity contribution in [2.24, 2.45) is 0 Å². The molecule has 1 heterocycles. The van der Waals surface area contributed by atoms with Gasteiger partial charge in [-0.2, -0.15) is 0 Å². The number of carboxylic acids is 1. The summed E-state index contributed by atoms with van der Waals surface area (Å²) < 4.78 is 0. The number of amides is 2. The second-order valence-corrected chi connectivity index (χ2v) is 5.23. The van der Waals surface area contributed by atoms with Crippen LogP contribution in [-0.4, -0.2) is 36.0 Å². The molecule has 0 aromatic carbocycles. The predicted molar refractivity (Wildman–Crippen MR) is 71.3 cm³/mol. The minimum atomic E-state index is -0.893. The molecular weight excluding hydrogens is 268 g/mol. The first-order valence-corrected chi connectivity index (χ1v) is 6.64. The third kappa shape index (κ3) is 6.01. The SMILES string of the molecule is Cc1ccc(C(=O)NCC(=O)NCCCC(=O)O)s1. The van der Waals surface area contributed by atoms with Gasteiger partial charge in [0.2, 0.25) is 5.91 Å². The molecule has 0 aliphatic heterocycles. The van der Waals surface area contributed by atoms with Crippen LogP contribution in [0.4, 0.5) is 0 Å². The molecule has 7 heteroatoms. The van der Waals surface area contributed by atoms with Gasteiger partial charge in [0.25, 0.3) is 5.91 Å². The molecule has 1 rings (SSSR count). The van der Waals surface area contributed by atoms with Gasteiger partial charge in [0, 0.05) is 17.8 Å². The lowest BCUT2D eigenvalue weighted by Gasteiger charge is -2.05. The van der Waals surface area contributed by atoms with Crippen molar-refractivity contribution in [2.45, 2.75) is 19.8 Å². The largest absolute Gasteiger partial charge is 0.481 e. The van der Waals surface area contributed by atoms with Gasteiger partial charge in [-0.15, -0.1) is 11.3 Å². The quantitative estimate of drug-likeness (QED) is 0.644. The number of nitrogens with one attached hydrogen (secondary N) is 2. The van der Waals surface area contributed by atoms with Crippen molar-refractivity contribution in [3.63, 3.8) is 0 Å². The highest BCUT2D eigenvalue weighted by Gasteiger charge is 2.09. The van der Waals surface area contributed by atoms with Crippen LogP contribution in [-0.2, 0) is 9.59 Å². The van der Waals surface area contributed by atoms with E-state index < -0.39 is 5.97 Å². The van der Waals surface area contributed by atoms with E-state index >= 15 is 0 Å². The van der Waals surface area contributed by atoms with Gasteiger partial charge in [0.1, 0.15) is 0 Å². The third-order valence-electron chi connectivity index (χ3n) is 2.26. The molecule has 0 aliphatic carbocycles. The van der Waals surface area contributed by atoms with Crippen LogP contribution >= 0.6 is 11.3 Å². The topological polar surface area (TPSA) is 95.5 Å². The summed E-state index contributed by atoms with van der Waals surface area (Å²) in [6.45, 7) is 2.08. The summed E-state index contributed by atoms with van der Waals surface area (Å²) in [5, 5.41) is 13.5. The number of carbonyl (C=O) groups is 3. The lowest BCUT2D eigenvalue weighted by atomic mass is 10.3. The Balaban J connectivity index is 2.19. The Kier molecular flexibility index (Phi) is 6.01. The van der Waals surface area contributed by atoms with E-state index in [-0.39, 0.29) is 24.8 Å². The summed E-state index contributed by atoms with van der Waals surface area (Å²) in [6.07, 6.45) is 0.389. The minimum absolute atomic E-state index is 0.0150. The Bertz CT molecular complexity index is 470. The van der Waals surface area contributed by atoms with Crippen LogP contribution in [0.3, 0.4) is 0 Å². The van der Waals surface area contributed by atoms with Gasteiger partial charge in [-0.05, 0) is 25.5 Å². The molecule has 1 aromatic rings. The molecule has 6 nitrogen and oxygen atoms in total. The van der Waals surface area contributed by atoms with Crippen molar-refractivity contribution in [1.29, 1.82) is 0 Å². The second kappa shape index (κ2) is 7.52. The molecule has 0 fully saturated rings. The lowest BCUT2D eigenvalue weighted by Crippen LogP contribution is -2.37. The summed E-state index contributed by atoms with van der Waals surface area (Å²) in [7, 11) is 0. The Morgan fingerprint density at radius 3 is 2.58 bits per heavy atom. The summed E-state index contributed by atoms with van der Waals surface area (Å²) in [6, 6.07) is 3.55. The standard InChI is InChI=1S/C12H16N2O4S/c1-8-4-5-9(19-8)12(18)14-7-10(15)13-6-2-3-11(16)17/h4-5H,2-3,6-7H2,1H3,(H,13,15)(H,14,18)(H,16,17). The maximum atomic E-state index is 11.6. The zero-order valence-corrected chi connectivity index (χ0v) is 11.4. The maximum Gasteiger partial charge on any atom is 0.303 e. The van der Waals surface area contributed by atoms with Crippen LogP contribution in [0.1, 0.15) is 27.4 Å². The maximum absolute atomic E-state index is 11.6. The molecule has 2 amide bonds. The van der Waals surface area contributed by atoms with Crippen molar-refractivity contribution in [3.8, 4) is 0 Å². The van der Waals surface area contributed by atoms with Gasteiger partial charge in [0.05, 0.1) is 11.4 Å². The van der Waals surface area contributed by atoms with Crippen LogP contribution in [0.25, 0.3) is 0 Å². The molecule has 3 N–H and O–H groups in total. The Hall–Kier alpha value is -1.89. The first-order chi connectivity index (χ1) is 8.99. The monoisotopic (exact) mass is 284 g/mol. The van der Waals surface area contributed by atoms with Gasteiger partial charge in [-0.25, -0.2) is 0 Å². The van der Waals surface area contributed by atoms with Crippen LogP contribution in [0.15, 0.2) is 12.1 Å². The third-order valence-corrected chi connectivity index (χ3v) is 3.26. The molecule has 0 aliphatic rings. The van der Waals surface area contributed by atoms with Gasteiger partial charge in [-0.1, -0.05) is 0 Å². The number of carbonyl (C=O) groups excluding carboxylic acids is 2. The first kappa shape index (κ1) is 15.2. The van der Waals surface area contributed by atoms with Crippen molar-refractivity contribution >= 4 is 29.1 Å². The van der Waals surface area contributed by atoms with Crippen molar-refractivity contribution < 1.29 is 19.5 Å². The molecule has 19 heavy (non-hydrogen) atoms. The smallest absolute Gasteiger partial charge is 0.303 e. The zero-order valence-electron chi connectivity index (χ0n) is 10.6. The highest BCUT2D eigenvalue weighted by atomic mass is 32.1. The van der Waals surface area contributed by atoms with Crippen molar-refractivity contribution in [1.82, 2.24) is 10.6 Å². The summed E-state index contributed by atoms with van der Waals surface area (Å²) in [4.78, 5) is 34.8. The highest BCUT2D eigenvalue weighted by Crippen LogP contribution is 2.14. The van der Waals surface area contributed by atoms with E-state index in [9.17, 15) is 14.4 Å². The van der Waals surface area contributed by atoms with Crippen LogP contribution in [0.2, 0.25) is 0 Å². The fraction of sp³-hybridized carbons (Fsp3) is 0.417. The van der Waals surface area contributed by atoms with E-state index in [0.29, 0.717) is 17.8 Å². The van der Waals surface area contributed by atoms with Crippen LogP contribution in [0, 0.1) is 6.92 Å². The van der Waals surface area contributed by atoms with E-state index in [1.807, 2.05) is 13.0 Å². The van der Waals surface area contributed by atoms with E-state index in [2.05, 4.69) is 10.6 Å². The Morgan fingerprint density at radius 1 is 1.26 bits per heavy atom. The average Bonchev–Trinajstić information content (AvgIpc) is 2.78. The number of thiophene rings is 1. The fourth-order valence-electron chi connectivity index (χ4n) is 1.33. The van der Waals surface area contributed by atoms with E-state index in [1.54, 1.807) is 6.07 Å². The molecule has 0 saturated heterocycles. The van der Waals surface area contributed by atoms with E-state index in [1.165, 1.54) is 11.3 Å². The van der Waals surface area contributed by atoms with Gasteiger partial charge in [0.15, 0.2) is 0 Å². The normalized spacial score (nSPS) is 9.95. The molecule has 0 unspecified atom stereocenters. The van der Waals surface area contributed by atoms with E-state index in [0.717, 1.165) is 4.88 Å². The summed E-state index contributed by atoms with van der Waals surface area (Å²) in [5.41, 5.74) is 0. The molecule has 0 spiro atoms. The molecular formula is C12H16N2O4S. The van der Waals surface area contributed by atoms with E-state index in [4.69, 9.17) is 5.11 Å². The number of aryl methyl sites for hydroxylation is 1. The first-order valence-electron chi connectivity index (χ1n) is 5.82. The van der Waals surface area contributed by atoms with Gasteiger partial charge >= 0.3 is 5.97 Å². The molecule has 0 radical (unpaired) electrons. The number of hydrogen-bond donors (Lipinski definition) is 3. The van der Waals surface area contributed by atoms with Gasteiger partial charge < -0.3 is 15.7 Å². The zero-order chi connectivity index (χ0) is 14.3. The lowest BCUT2D eigenvalue weighted by molar-refractivity contribution is -0.137. The number of hydrogen-bond acceptors (Lipinski definition) is 4. The molecule has 0 bridgehead atoms. The number of rotatable bonds is 7. The fourth-order valence-corrected chi connectivity index (χ4v) is 2.12. The number of aliphatic carboxylic acids is 1. The summed E-state index contributed by atoms with van der Waals surface area (Å²) in [5.74, 6) is -1.50.